The maximum absolute atomic E-state index is 13.5. The van der Waals surface area contributed by atoms with Gasteiger partial charge in [-0.2, -0.15) is 0 Å². The summed E-state index contributed by atoms with van der Waals surface area (Å²) < 4.78 is 5.51. The number of rotatable bonds is 6. The van der Waals surface area contributed by atoms with E-state index < -0.39 is 5.60 Å². The molecule has 0 aliphatic carbocycles. The quantitative estimate of drug-likeness (QED) is 0.446. The van der Waals surface area contributed by atoms with Gasteiger partial charge < -0.3 is 14.5 Å². The van der Waals surface area contributed by atoms with Gasteiger partial charge >= 0.3 is 6.09 Å². The van der Waals surface area contributed by atoms with Gasteiger partial charge in [-0.1, -0.05) is 51.4 Å². The first kappa shape index (κ1) is 28.8. The molecule has 0 saturated carbocycles. The monoisotopic (exact) mass is 519 g/mol. The molecule has 2 atom stereocenters. The molecular weight excluding hydrogens is 474 g/mol. The van der Waals surface area contributed by atoms with Gasteiger partial charge in [0.2, 0.25) is 5.91 Å². The number of hydrogen-bond donors (Lipinski definition) is 0. The van der Waals surface area contributed by atoms with Gasteiger partial charge in [-0.15, -0.1) is 0 Å². The first-order valence-electron chi connectivity index (χ1n) is 13.6. The summed E-state index contributed by atoms with van der Waals surface area (Å²) in [4.78, 5) is 32.3. The maximum Gasteiger partial charge on any atom is 0.410 e. The van der Waals surface area contributed by atoms with Crippen LogP contribution in [-0.4, -0.2) is 71.1 Å². The minimum atomic E-state index is -0.486. The summed E-state index contributed by atoms with van der Waals surface area (Å²) in [5.41, 5.74) is 0.800. The number of halogens is 1. The summed E-state index contributed by atoms with van der Waals surface area (Å²) in [6.07, 6.45) is 2.02. The molecule has 3 rings (SSSR count). The lowest BCUT2D eigenvalue weighted by molar-refractivity contribution is -0.139. The Morgan fingerprint density at radius 1 is 1.00 bits per heavy atom. The topological polar surface area (TPSA) is 53.1 Å². The molecule has 0 aromatic heterocycles. The predicted octanol–water partition coefficient (Wildman–Crippen LogP) is 6.24. The number of nitrogens with zero attached hydrogens (tertiary/aromatic N) is 3. The number of amides is 2. The van der Waals surface area contributed by atoms with E-state index in [4.69, 9.17) is 16.3 Å². The minimum absolute atomic E-state index is 0.196. The number of ether oxygens (including phenoxy) is 1. The van der Waals surface area contributed by atoms with Crippen molar-refractivity contribution in [2.75, 3.05) is 32.7 Å². The lowest BCUT2D eigenvalue weighted by atomic mass is 9.89. The van der Waals surface area contributed by atoms with Crippen molar-refractivity contribution in [3.63, 3.8) is 0 Å². The average Bonchev–Trinajstić information content (AvgIpc) is 2.79. The third kappa shape index (κ3) is 7.61. The molecule has 0 radical (unpaired) electrons. The Balaban J connectivity index is 1.59. The van der Waals surface area contributed by atoms with Crippen LogP contribution in [0.5, 0.6) is 0 Å². The van der Waals surface area contributed by atoms with Crippen LogP contribution < -0.4 is 0 Å². The third-order valence-corrected chi connectivity index (χ3v) is 7.76. The van der Waals surface area contributed by atoms with Crippen LogP contribution in [0.2, 0.25) is 5.02 Å². The van der Waals surface area contributed by atoms with Crippen LogP contribution in [0.3, 0.4) is 0 Å². The van der Waals surface area contributed by atoms with E-state index in [0.717, 1.165) is 37.5 Å². The molecule has 1 aromatic carbocycles. The fraction of sp³-hybridized carbons (Fsp3) is 0.724. The molecule has 0 bridgehead atoms. The summed E-state index contributed by atoms with van der Waals surface area (Å²) in [5, 5.41) is 0.758. The van der Waals surface area contributed by atoms with Gasteiger partial charge in [-0.05, 0) is 69.1 Å². The lowest BCUT2D eigenvalue weighted by Gasteiger charge is -2.47. The molecule has 6 nitrogen and oxygen atoms in total. The predicted molar refractivity (Wildman–Crippen MR) is 146 cm³/mol. The molecule has 2 fully saturated rings. The normalized spacial score (nSPS) is 21.2. The van der Waals surface area contributed by atoms with Crippen LogP contribution >= 0.6 is 11.6 Å². The molecule has 0 spiro atoms. The Bertz CT molecular complexity index is 873. The smallest absolute Gasteiger partial charge is 0.410 e. The largest absolute Gasteiger partial charge is 0.444 e. The van der Waals surface area contributed by atoms with Crippen molar-refractivity contribution in [3.05, 3.63) is 34.9 Å². The Labute approximate surface area is 223 Å². The summed E-state index contributed by atoms with van der Waals surface area (Å²) in [6.45, 7) is 18.5. The van der Waals surface area contributed by atoms with Gasteiger partial charge in [0.1, 0.15) is 5.60 Å². The van der Waals surface area contributed by atoms with Crippen LogP contribution in [0.25, 0.3) is 0 Å². The maximum atomic E-state index is 13.5. The van der Waals surface area contributed by atoms with Gasteiger partial charge in [0.15, 0.2) is 0 Å². The molecule has 2 aliphatic heterocycles. The molecule has 2 unspecified atom stereocenters. The number of piperidine rings is 1. The minimum Gasteiger partial charge on any atom is -0.444 e. The Morgan fingerprint density at radius 3 is 2.14 bits per heavy atom. The van der Waals surface area contributed by atoms with Crippen molar-refractivity contribution in [2.24, 2.45) is 17.8 Å². The number of hydrogen-bond acceptors (Lipinski definition) is 4. The second-order valence-corrected chi connectivity index (χ2v) is 12.7. The molecule has 2 aliphatic rings. The molecule has 1 aromatic rings. The second kappa shape index (κ2) is 12.2. The van der Waals surface area contributed by atoms with E-state index in [1.807, 2.05) is 32.9 Å². The van der Waals surface area contributed by atoms with Gasteiger partial charge in [0.05, 0.1) is 0 Å². The van der Waals surface area contributed by atoms with Crippen molar-refractivity contribution < 1.29 is 14.3 Å². The van der Waals surface area contributed by atoms with Gasteiger partial charge in [-0.3, -0.25) is 9.69 Å². The number of piperazine rings is 1. The lowest BCUT2D eigenvalue weighted by Crippen LogP contribution is -2.58. The summed E-state index contributed by atoms with van der Waals surface area (Å²) in [7, 11) is 0. The van der Waals surface area contributed by atoms with Crippen molar-refractivity contribution in [1.82, 2.24) is 14.7 Å². The molecule has 36 heavy (non-hydrogen) atoms. The molecular formula is C29H46ClN3O3. The van der Waals surface area contributed by atoms with E-state index in [9.17, 15) is 9.59 Å². The van der Waals surface area contributed by atoms with Crippen molar-refractivity contribution in [3.8, 4) is 0 Å². The summed E-state index contributed by atoms with van der Waals surface area (Å²) >= 11 is 6.15. The zero-order valence-electron chi connectivity index (χ0n) is 23.3. The van der Waals surface area contributed by atoms with E-state index in [-0.39, 0.29) is 18.0 Å². The highest BCUT2D eigenvalue weighted by Crippen LogP contribution is 2.33. The van der Waals surface area contributed by atoms with Gasteiger partial charge in [0, 0.05) is 56.3 Å². The van der Waals surface area contributed by atoms with Crippen LogP contribution in [0, 0.1) is 17.8 Å². The van der Waals surface area contributed by atoms with Crippen molar-refractivity contribution >= 4 is 23.6 Å². The average molecular weight is 520 g/mol. The van der Waals surface area contributed by atoms with E-state index in [0.29, 0.717) is 43.3 Å². The zero-order valence-corrected chi connectivity index (χ0v) is 24.1. The fourth-order valence-corrected chi connectivity index (χ4v) is 5.78. The Morgan fingerprint density at radius 2 is 1.61 bits per heavy atom. The first-order chi connectivity index (χ1) is 16.9. The number of carbonyl (C=O) groups is 2. The van der Waals surface area contributed by atoms with E-state index in [1.165, 1.54) is 5.56 Å². The Hall–Kier alpha value is -1.79. The highest BCUT2D eigenvalue weighted by molar-refractivity contribution is 6.30. The van der Waals surface area contributed by atoms with Crippen LogP contribution in [0.15, 0.2) is 24.3 Å². The fourth-order valence-electron chi connectivity index (χ4n) is 5.65. The Kier molecular flexibility index (Phi) is 9.73. The third-order valence-electron chi connectivity index (χ3n) is 7.51. The van der Waals surface area contributed by atoms with Crippen LogP contribution in [-0.2, 0) is 9.53 Å². The number of carbonyl (C=O) groups excluding carboxylic acids is 2. The molecule has 2 amide bonds. The van der Waals surface area contributed by atoms with Gasteiger partial charge in [-0.25, -0.2) is 4.79 Å². The van der Waals surface area contributed by atoms with Crippen LogP contribution in [0.4, 0.5) is 4.79 Å². The van der Waals surface area contributed by atoms with E-state index in [1.54, 1.807) is 4.90 Å². The molecule has 202 valence electrons. The van der Waals surface area contributed by atoms with E-state index in [2.05, 4.69) is 49.6 Å². The van der Waals surface area contributed by atoms with Gasteiger partial charge in [0.25, 0.3) is 0 Å². The highest BCUT2D eigenvalue weighted by Gasteiger charge is 2.37. The van der Waals surface area contributed by atoms with Crippen molar-refractivity contribution in [1.29, 1.82) is 0 Å². The highest BCUT2D eigenvalue weighted by atomic mass is 35.5. The molecule has 2 saturated heterocycles. The van der Waals surface area contributed by atoms with E-state index >= 15 is 0 Å². The first-order valence-corrected chi connectivity index (χ1v) is 14.0. The number of benzene rings is 1. The summed E-state index contributed by atoms with van der Waals surface area (Å²) in [5.74, 6) is 1.41. The molecule has 7 heteroatoms. The molecule has 2 heterocycles. The summed E-state index contributed by atoms with van der Waals surface area (Å²) in [6, 6.07) is 8.72. The second-order valence-electron chi connectivity index (χ2n) is 12.2. The molecule has 0 N–H and O–H groups in total. The van der Waals surface area contributed by atoms with Crippen LogP contribution in [0.1, 0.15) is 79.3 Å². The van der Waals surface area contributed by atoms with Crippen molar-refractivity contribution in [2.45, 2.75) is 85.4 Å². The number of likely N-dealkylation sites (tertiary alicyclic amines) is 1. The zero-order chi connectivity index (χ0) is 26.6. The SMILES string of the molecule is CC(C)C(c1ccc(Cl)cc1)N1CCN(C(=O)CC2CCN(C(=O)OC(C)(C)C)CC2)C(C(C)C)C1. The standard InChI is InChI=1S/C29H46ClN3O3/c1-20(2)25-19-32(27(21(3)4)23-8-10-24(30)11-9-23)16-17-33(25)26(34)18-22-12-14-31(15-13-22)28(35)36-29(5,6)7/h8-11,20-22,25,27H,12-19H2,1-7H3.